The lowest BCUT2D eigenvalue weighted by atomic mass is 10.1. The van der Waals surface area contributed by atoms with Crippen LogP contribution in [0.15, 0.2) is 89.5 Å². The molecule has 0 N–H and O–H groups in total. The highest BCUT2D eigenvalue weighted by Crippen LogP contribution is 2.38. The van der Waals surface area contributed by atoms with Crippen LogP contribution >= 0.6 is 15.9 Å². The number of benzene rings is 2. The van der Waals surface area contributed by atoms with E-state index in [4.69, 9.17) is 4.43 Å². The highest BCUT2D eigenvalue weighted by Gasteiger charge is 2.51. The molecule has 0 radical (unpaired) electrons. The molecule has 1 heterocycles. The van der Waals surface area contributed by atoms with Gasteiger partial charge in [0.2, 0.25) is 0 Å². The largest absolute Gasteiger partial charge is 0.401 e. The lowest BCUT2D eigenvalue weighted by molar-refractivity contribution is 0.219. The molecule has 36 heavy (non-hydrogen) atoms. The summed E-state index contributed by atoms with van der Waals surface area (Å²) in [4.78, 5) is 4.62. The average Bonchev–Trinajstić information content (AvgIpc) is 2.87. The van der Waals surface area contributed by atoms with E-state index in [1.54, 1.807) is 0 Å². The quantitative estimate of drug-likeness (QED) is 0.118. The van der Waals surface area contributed by atoms with Crippen LogP contribution in [0.1, 0.15) is 78.3 Å². The molecular weight excluding hydrogens is 522 g/mol. The molecule has 0 amide bonds. The molecule has 1 atom stereocenters. The van der Waals surface area contributed by atoms with Crippen molar-refractivity contribution in [2.75, 3.05) is 0 Å². The molecule has 0 saturated heterocycles. The Morgan fingerprint density at radius 2 is 1.39 bits per heavy atom. The van der Waals surface area contributed by atoms with Gasteiger partial charge in [-0.25, -0.2) is 4.98 Å². The van der Waals surface area contributed by atoms with Gasteiger partial charge in [0.25, 0.3) is 8.32 Å². The first kappa shape index (κ1) is 28.6. The summed E-state index contributed by atoms with van der Waals surface area (Å²) in [6.07, 6.45) is 13.1. The summed E-state index contributed by atoms with van der Waals surface area (Å²) in [5, 5.41) is 2.60. The maximum atomic E-state index is 7.47. The summed E-state index contributed by atoms with van der Waals surface area (Å²) in [7, 11) is -2.62. The van der Waals surface area contributed by atoms with Crippen molar-refractivity contribution < 1.29 is 4.43 Å². The molecule has 2 nitrogen and oxygen atoms in total. The molecule has 0 fully saturated rings. The SMILES string of the molecule is CCCCCCCCC(C=Cc1cccc(Br)n1)O[Si](c1ccccc1)(c1ccccc1)C(C)(C)C. The molecule has 1 unspecified atom stereocenters. The summed E-state index contributed by atoms with van der Waals surface area (Å²) >= 11 is 3.51. The van der Waals surface area contributed by atoms with Crippen molar-refractivity contribution in [3.8, 4) is 0 Å². The fraction of sp³-hybridized carbons (Fsp3) is 0.406. The van der Waals surface area contributed by atoms with Gasteiger partial charge in [0.05, 0.1) is 11.8 Å². The zero-order valence-corrected chi connectivity index (χ0v) is 25.0. The van der Waals surface area contributed by atoms with E-state index in [1.807, 2.05) is 18.2 Å². The first-order valence-electron chi connectivity index (χ1n) is 13.5. The van der Waals surface area contributed by atoms with E-state index in [1.165, 1.54) is 48.9 Å². The number of halogens is 1. The minimum Gasteiger partial charge on any atom is -0.401 e. The normalized spacial score (nSPS) is 13.2. The third-order valence-corrected chi connectivity index (χ3v) is 12.3. The van der Waals surface area contributed by atoms with Gasteiger partial charge in [0, 0.05) is 0 Å². The Balaban J connectivity index is 1.98. The molecule has 0 saturated carbocycles. The maximum Gasteiger partial charge on any atom is 0.261 e. The Bertz CT molecular complexity index is 1020. The Morgan fingerprint density at radius 3 is 1.94 bits per heavy atom. The van der Waals surface area contributed by atoms with Crippen LogP contribution in [-0.2, 0) is 4.43 Å². The first-order valence-corrected chi connectivity index (χ1v) is 16.2. The van der Waals surface area contributed by atoms with E-state index in [9.17, 15) is 0 Å². The van der Waals surface area contributed by atoms with Crippen LogP contribution in [0.2, 0.25) is 5.04 Å². The maximum absolute atomic E-state index is 7.47. The molecule has 0 aliphatic heterocycles. The first-order chi connectivity index (χ1) is 17.4. The van der Waals surface area contributed by atoms with Gasteiger partial charge in [0.1, 0.15) is 4.60 Å². The van der Waals surface area contributed by atoms with Crippen molar-refractivity contribution in [2.24, 2.45) is 0 Å². The van der Waals surface area contributed by atoms with Gasteiger partial charge in [-0.15, -0.1) is 0 Å². The third-order valence-electron chi connectivity index (χ3n) is 6.81. The number of hydrogen-bond donors (Lipinski definition) is 0. The lowest BCUT2D eigenvalue weighted by Gasteiger charge is -2.45. The zero-order chi connectivity index (χ0) is 25.9. The van der Waals surface area contributed by atoms with Crippen LogP contribution < -0.4 is 10.4 Å². The van der Waals surface area contributed by atoms with Crippen LogP contribution in [-0.4, -0.2) is 19.4 Å². The number of aromatic nitrogens is 1. The predicted octanol–water partition coefficient (Wildman–Crippen LogP) is 8.55. The molecule has 4 heteroatoms. The second-order valence-electron chi connectivity index (χ2n) is 10.6. The smallest absolute Gasteiger partial charge is 0.261 e. The molecule has 3 aromatic rings. The number of pyridine rings is 1. The van der Waals surface area contributed by atoms with Gasteiger partial charge in [-0.3, -0.25) is 0 Å². The second-order valence-corrected chi connectivity index (χ2v) is 15.7. The number of unbranched alkanes of at least 4 members (excludes halogenated alkanes) is 5. The highest BCUT2D eigenvalue weighted by atomic mass is 79.9. The summed E-state index contributed by atoms with van der Waals surface area (Å²) in [5.74, 6) is 0. The number of rotatable bonds is 13. The summed E-state index contributed by atoms with van der Waals surface area (Å²) < 4.78 is 8.32. The van der Waals surface area contributed by atoms with Gasteiger partial charge >= 0.3 is 0 Å². The fourth-order valence-electron chi connectivity index (χ4n) is 4.96. The fourth-order valence-corrected chi connectivity index (χ4v) is 9.98. The van der Waals surface area contributed by atoms with Crippen LogP contribution in [0, 0.1) is 0 Å². The monoisotopic (exact) mass is 563 g/mol. The van der Waals surface area contributed by atoms with E-state index >= 15 is 0 Å². The molecule has 0 aliphatic rings. The van der Waals surface area contributed by atoms with Gasteiger partial charge in [0.15, 0.2) is 0 Å². The molecular formula is C32H42BrNOSi. The Labute approximate surface area is 228 Å². The van der Waals surface area contributed by atoms with Crippen molar-refractivity contribution in [1.82, 2.24) is 4.98 Å². The van der Waals surface area contributed by atoms with Gasteiger partial charge in [-0.05, 0) is 56.0 Å². The van der Waals surface area contributed by atoms with Gasteiger partial charge in [-0.1, -0.05) is 139 Å². The molecule has 0 bridgehead atoms. The van der Waals surface area contributed by atoms with E-state index < -0.39 is 8.32 Å². The molecule has 0 spiro atoms. The predicted molar refractivity (Wildman–Crippen MR) is 161 cm³/mol. The highest BCUT2D eigenvalue weighted by molar-refractivity contribution is 9.10. The number of nitrogens with zero attached hydrogens (tertiary/aromatic N) is 1. The lowest BCUT2D eigenvalue weighted by Crippen LogP contribution is -2.67. The zero-order valence-electron chi connectivity index (χ0n) is 22.4. The van der Waals surface area contributed by atoms with Crippen molar-refractivity contribution in [3.05, 3.63) is 95.2 Å². The molecule has 2 aromatic carbocycles. The standard InChI is InChI=1S/C32H42BrNOSi/c1-5-6-7-8-9-12-19-28(26-25-27-18-17-24-31(33)34-27)35-36(32(2,3)4,29-20-13-10-14-21-29)30-22-15-11-16-23-30/h10-11,13-18,20-26,28H,5-9,12,19H2,1-4H3. The van der Waals surface area contributed by atoms with Crippen LogP contribution in [0.5, 0.6) is 0 Å². The van der Waals surface area contributed by atoms with Crippen molar-refractivity contribution >= 4 is 40.7 Å². The number of hydrogen-bond acceptors (Lipinski definition) is 2. The average molecular weight is 565 g/mol. The Kier molecular flexibility index (Phi) is 11.2. The molecule has 192 valence electrons. The third kappa shape index (κ3) is 7.74. The van der Waals surface area contributed by atoms with Crippen molar-refractivity contribution in [3.63, 3.8) is 0 Å². The molecule has 1 aromatic heterocycles. The summed E-state index contributed by atoms with van der Waals surface area (Å²) in [5.41, 5.74) is 0.948. The van der Waals surface area contributed by atoms with E-state index in [0.29, 0.717) is 0 Å². The van der Waals surface area contributed by atoms with Crippen LogP contribution in [0.3, 0.4) is 0 Å². The van der Waals surface area contributed by atoms with E-state index in [0.717, 1.165) is 16.7 Å². The Hall–Kier alpha value is -2.01. The second kappa shape index (κ2) is 14.1. The van der Waals surface area contributed by atoms with Crippen molar-refractivity contribution in [1.29, 1.82) is 0 Å². The summed E-state index contributed by atoms with van der Waals surface area (Å²) in [6.45, 7) is 9.32. The minimum absolute atomic E-state index is 0.0169. The van der Waals surface area contributed by atoms with Crippen molar-refractivity contribution in [2.45, 2.75) is 83.8 Å². The topological polar surface area (TPSA) is 22.1 Å². The van der Waals surface area contributed by atoms with Crippen LogP contribution in [0.4, 0.5) is 0 Å². The van der Waals surface area contributed by atoms with Gasteiger partial charge in [-0.2, -0.15) is 0 Å². The van der Waals surface area contributed by atoms with Gasteiger partial charge < -0.3 is 4.43 Å². The Morgan fingerprint density at radius 1 is 0.806 bits per heavy atom. The van der Waals surface area contributed by atoms with E-state index in [2.05, 4.69) is 121 Å². The molecule has 3 rings (SSSR count). The molecule has 0 aliphatic carbocycles. The van der Waals surface area contributed by atoms with E-state index in [-0.39, 0.29) is 11.1 Å². The minimum atomic E-state index is -2.62. The summed E-state index contributed by atoms with van der Waals surface area (Å²) in [6, 6.07) is 27.9. The van der Waals surface area contributed by atoms with Crippen LogP contribution in [0.25, 0.3) is 6.08 Å².